The van der Waals surface area contributed by atoms with Gasteiger partial charge in [0.2, 0.25) is 11.8 Å². The molecule has 0 saturated carbocycles. The van der Waals surface area contributed by atoms with Crippen LogP contribution in [-0.2, 0) is 13.1 Å². The summed E-state index contributed by atoms with van der Waals surface area (Å²) in [5, 5.41) is 14.3. The third kappa shape index (κ3) is 4.69. The van der Waals surface area contributed by atoms with E-state index in [1.165, 1.54) is 6.20 Å². The molecule has 2 aliphatic heterocycles. The average molecular weight is 467 g/mol. The number of fused-ring (bicyclic) bond motifs is 1. The van der Waals surface area contributed by atoms with Crippen molar-refractivity contribution in [2.45, 2.75) is 19.1 Å². The van der Waals surface area contributed by atoms with Crippen LogP contribution in [0.3, 0.4) is 0 Å². The molecule has 1 fully saturated rings. The van der Waals surface area contributed by atoms with Gasteiger partial charge in [0.05, 0.1) is 25.0 Å². The Hall–Kier alpha value is -4.00. The smallest absolute Gasteiger partial charge is 0.414 e. The van der Waals surface area contributed by atoms with Crippen molar-refractivity contribution in [3.8, 4) is 11.9 Å². The number of hydrogen-bond acceptors (Lipinski definition) is 11. The minimum atomic E-state index is -0.522. The first-order chi connectivity index (χ1) is 16.6. The van der Waals surface area contributed by atoms with Crippen LogP contribution in [0.5, 0.6) is 11.9 Å². The number of hydrogen-bond donors (Lipinski definition) is 1. The molecule has 0 spiro atoms. The summed E-state index contributed by atoms with van der Waals surface area (Å²) in [6.45, 7) is 4.86. The van der Waals surface area contributed by atoms with Crippen molar-refractivity contribution >= 4 is 17.5 Å². The molecule has 0 aromatic carbocycles. The van der Waals surface area contributed by atoms with Gasteiger partial charge in [-0.2, -0.15) is 0 Å². The van der Waals surface area contributed by atoms with Crippen molar-refractivity contribution in [3.05, 3.63) is 52.6 Å². The molecule has 1 saturated heterocycles. The first kappa shape index (κ1) is 21.8. The molecule has 5 heterocycles. The molecule has 5 rings (SSSR count). The number of anilines is 2. The van der Waals surface area contributed by atoms with E-state index in [-0.39, 0.29) is 17.9 Å². The fourth-order valence-corrected chi connectivity index (χ4v) is 4.02. The third-order valence-corrected chi connectivity index (χ3v) is 5.89. The number of nitrogens with zero attached hydrogens (tertiary/aromatic N) is 8. The van der Waals surface area contributed by atoms with E-state index < -0.39 is 4.92 Å². The van der Waals surface area contributed by atoms with E-state index in [4.69, 9.17) is 9.47 Å². The summed E-state index contributed by atoms with van der Waals surface area (Å²) in [4.78, 5) is 32.1. The molecule has 13 heteroatoms. The summed E-state index contributed by atoms with van der Waals surface area (Å²) in [5.41, 5.74) is 2.03. The predicted molar refractivity (Wildman–Crippen MR) is 122 cm³/mol. The molecule has 1 N–H and O–H groups in total. The van der Waals surface area contributed by atoms with E-state index in [0.717, 1.165) is 37.4 Å². The molecule has 0 aliphatic carbocycles. The monoisotopic (exact) mass is 467 g/mol. The molecule has 3 aromatic heterocycles. The Balaban J connectivity index is 1.11. The van der Waals surface area contributed by atoms with Gasteiger partial charge in [-0.15, -0.1) is 0 Å². The lowest BCUT2D eigenvalue weighted by Gasteiger charge is -2.35. The van der Waals surface area contributed by atoms with Crippen molar-refractivity contribution in [1.82, 2.24) is 29.8 Å². The summed E-state index contributed by atoms with van der Waals surface area (Å²) in [6.07, 6.45) is 6.88. The van der Waals surface area contributed by atoms with Crippen LogP contribution in [0, 0.1) is 10.1 Å². The summed E-state index contributed by atoms with van der Waals surface area (Å²) in [7, 11) is 1.61. The minimum absolute atomic E-state index is 0.00139. The number of ether oxygens (including phenoxy) is 2. The molecule has 3 aromatic rings. The van der Waals surface area contributed by atoms with Crippen LogP contribution in [0.4, 0.5) is 17.5 Å². The topological polar surface area (TPSA) is 137 Å². The molecule has 1 atom stereocenters. The predicted octanol–water partition coefficient (Wildman–Crippen LogP) is 0.862. The van der Waals surface area contributed by atoms with E-state index in [1.807, 2.05) is 30.7 Å². The number of methoxy groups -OCH3 is 1. The lowest BCUT2D eigenvalue weighted by molar-refractivity contribution is -0.389. The van der Waals surface area contributed by atoms with E-state index in [1.54, 1.807) is 11.7 Å². The van der Waals surface area contributed by atoms with Crippen molar-refractivity contribution in [2.75, 3.05) is 49.7 Å². The summed E-state index contributed by atoms with van der Waals surface area (Å²) in [5.74, 6) is 1.12. The van der Waals surface area contributed by atoms with Crippen LogP contribution in [0.1, 0.15) is 5.56 Å². The molecular formula is C21H25N9O4. The van der Waals surface area contributed by atoms with Gasteiger partial charge in [-0.1, -0.05) is 0 Å². The fourth-order valence-electron chi connectivity index (χ4n) is 4.02. The second-order valence-corrected chi connectivity index (χ2v) is 8.10. The lowest BCUT2D eigenvalue weighted by atomic mass is 10.2. The molecule has 34 heavy (non-hydrogen) atoms. The summed E-state index contributed by atoms with van der Waals surface area (Å²) >= 11 is 0. The summed E-state index contributed by atoms with van der Waals surface area (Å²) in [6, 6.07) is 4.17. The first-order valence-electron chi connectivity index (χ1n) is 11.0. The van der Waals surface area contributed by atoms with E-state index >= 15 is 0 Å². The van der Waals surface area contributed by atoms with E-state index in [0.29, 0.717) is 31.5 Å². The van der Waals surface area contributed by atoms with Crippen LogP contribution < -0.4 is 24.6 Å². The quantitative estimate of drug-likeness (QED) is 0.391. The molecule has 13 nitrogen and oxygen atoms in total. The Labute approximate surface area is 195 Å². The number of imidazole rings is 1. The van der Waals surface area contributed by atoms with Crippen LogP contribution in [-0.4, -0.2) is 75.4 Å². The number of nitrogens with one attached hydrogen (secondary N) is 1. The van der Waals surface area contributed by atoms with Crippen molar-refractivity contribution in [1.29, 1.82) is 0 Å². The van der Waals surface area contributed by atoms with Crippen molar-refractivity contribution < 1.29 is 14.4 Å². The van der Waals surface area contributed by atoms with Crippen LogP contribution in [0.15, 0.2) is 36.9 Å². The Morgan fingerprint density at radius 1 is 1.15 bits per heavy atom. The van der Waals surface area contributed by atoms with E-state index in [2.05, 4.69) is 35.1 Å². The number of piperazine rings is 1. The molecule has 0 unspecified atom stereocenters. The SMILES string of the molecule is COc1ccc(N2CCN(c3ncc(CN[C@@H]4COc5nc([N+](=O)[O-])cn5C4)cn3)CC2)cn1. The second kappa shape index (κ2) is 9.47. The Morgan fingerprint density at radius 2 is 1.91 bits per heavy atom. The standard InChI is InChI=1S/C21H25N9O4/c1-33-19-3-2-17(11-23-19)27-4-6-28(7-5-27)20-24-9-15(10-25-20)8-22-16-12-29-13-18(30(31)32)26-21(29)34-14-16/h2-3,9-11,13,16,22H,4-8,12,14H2,1H3/t16-/m0/s1. The van der Waals surface area contributed by atoms with Crippen molar-refractivity contribution in [3.63, 3.8) is 0 Å². The molecule has 0 amide bonds. The minimum Gasteiger partial charge on any atom is -0.481 e. The molecule has 2 aliphatic rings. The highest BCUT2D eigenvalue weighted by atomic mass is 16.6. The normalized spacial score (nSPS) is 17.7. The van der Waals surface area contributed by atoms with Gasteiger partial charge in [-0.25, -0.2) is 15.0 Å². The molecule has 178 valence electrons. The van der Waals surface area contributed by atoms with Gasteiger partial charge < -0.3 is 34.7 Å². The summed E-state index contributed by atoms with van der Waals surface area (Å²) < 4.78 is 12.3. The van der Waals surface area contributed by atoms with Crippen molar-refractivity contribution in [2.24, 2.45) is 0 Å². The number of aromatic nitrogens is 5. The second-order valence-electron chi connectivity index (χ2n) is 8.10. The van der Waals surface area contributed by atoms with Gasteiger partial charge in [-0.05, 0) is 11.0 Å². The van der Waals surface area contributed by atoms with Crippen LogP contribution in [0.25, 0.3) is 0 Å². The zero-order valence-electron chi connectivity index (χ0n) is 18.7. The van der Waals surface area contributed by atoms with Gasteiger partial charge in [0.15, 0.2) is 0 Å². The van der Waals surface area contributed by atoms with Crippen LogP contribution >= 0.6 is 0 Å². The van der Waals surface area contributed by atoms with Gasteiger partial charge in [0.25, 0.3) is 0 Å². The van der Waals surface area contributed by atoms with Gasteiger partial charge in [0.1, 0.15) is 12.8 Å². The van der Waals surface area contributed by atoms with Gasteiger partial charge in [-0.3, -0.25) is 4.57 Å². The highest BCUT2D eigenvalue weighted by molar-refractivity contribution is 5.47. The fraction of sp³-hybridized carbons (Fsp3) is 0.429. The Kier molecular flexibility index (Phi) is 6.08. The maximum Gasteiger partial charge on any atom is 0.414 e. The van der Waals surface area contributed by atoms with E-state index in [9.17, 15) is 10.1 Å². The number of pyridine rings is 1. The van der Waals surface area contributed by atoms with Crippen LogP contribution in [0.2, 0.25) is 0 Å². The highest BCUT2D eigenvalue weighted by Gasteiger charge is 2.27. The van der Waals surface area contributed by atoms with Gasteiger partial charge in [0, 0.05) is 68.3 Å². The zero-order valence-corrected chi connectivity index (χ0v) is 18.7. The maximum absolute atomic E-state index is 10.9. The van der Waals surface area contributed by atoms with Gasteiger partial charge >= 0.3 is 11.8 Å². The lowest BCUT2D eigenvalue weighted by Crippen LogP contribution is -2.47. The first-order valence-corrected chi connectivity index (χ1v) is 11.0. The number of rotatable bonds is 7. The third-order valence-electron chi connectivity index (χ3n) is 5.89. The maximum atomic E-state index is 10.9. The molecular weight excluding hydrogens is 442 g/mol. The highest BCUT2D eigenvalue weighted by Crippen LogP contribution is 2.22. The zero-order chi connectivity index (χ0) is 23.5. The average Bonchev–Trinajstić information content (AvgIpc) is 3.32. The Morgan fingerprint density at radius 3 is 2.59 bits per heavy atom. The largest absolute Gasteiger partial charge is 0.481 e. The molecule has 0 radical (unpaired) electrons. The Bertz CT molecular complexity index is 1130. The number of nitro groups is 1. The molecule has 0 bridgehead atoms.